The number of nitrogens with zero attached hydrogens (tertiary/aromatic N) is 2. The number of hydrogen-bond donors (Lipinski definition) is 2. The van der Waals surface area contributed by atoms with E-state index >= 15 is 0 Å². The van der Waals surface area contributed by atoms with Crippen molar-refractivity contribution >= 4 is 23.2 Å². The second kappa shape index (κ2) is 10.3. The fourth-order valence-corrected chi connectivity index (χ4v) is 4.09. The van der Waals surface area contributed by atoms with E-state index in [1.54, 1.807) is 24.2 Å². The van der Waals surface area contributed by atoms with Crippen molar-refractivity contribution in [2.75, 3.05) is 13.7 Å². The molecule has 0 bridgehead atoms. The molecule has 1 saturated carbocycles. The van der Waals surface area contributed by atoms with Gasteiger partial charge in [0.05, 0.1) is 17.7 Å². The van der Waals surface area contributed by atoms with Gasteiger partial charge >= 0.3 is 0 Å². The Bertz CT molecular complexity index is 754. The van der Waals surface area contributed by atoms with Crippen molar-refractivity contribution in [1.29, 1.82) is 0 Å². The van der Waals surface area contributed by atoms with Crippen LogP contribution in [0, 0.1) is 5.92 Å². The number of methoxy groups -OCH3 is 1. The predicted molar refractivity (Wildman–Crippen MR) is 107 cm³/mol. The summed E-state index contributed by atoms with van der Waals surface area (Å²) in [5.74, 6) is -0.296. The zero-order chi connectivity index (χ0) is 19.8. The number of hydrogen-bond acceptors (Lipinski definition) is 6. The monoisotopic (exact) mass is 402 g/mol. The van der Waals surface area contributed by atoms with E-state index in [1.165, 1.54) is 11.3 Å². The summed E-state index contributed by atoms with van der Waals surface area (Å²) in [5, 5.41) is 7.73. The van der Waals surface area contributed by atoms with Crippen LogP contribution in [0.4, 0.5) is 0 Å². The molecule has 0 aromatic carbocycles. The summed E-state index contributed by atoms with van der Waals surface area (Å²) >= 11 is 1.38. The van der Waals surface area contributed by atoms with Gasteiger partial charge in [-0.25, -0.2) is 4.98 Å². The van der Waals surface area contributed by atoms with Crippen molar-refractivity contribution < 1.29 is 14.3 Å². The summed E-state index contributed by atoms with van der Waals surface area (Å²) in [6.45, 7) is 0.620. The van der Waals surface area contributed by atoms with Gasteiger partial charge in [-0.3, -0.25) is 14.6 Å². The van der Waals surface area contributed by atoms with Crippen LogP contribution in [-0.2, 0) is 16.0 Å². The van der Waals surface area contributed by atoms with Crippen LogP contribution >= 0.6 is 11.3 Å². The number of aromatic nitrogens is 2. The zero-order valence-corrected chi connectivity index (χ0v) is 16.8. The summed E-state index contributed by atoms with van der Waals surface area (Å²) in [5.41, 5.74) is 3.06. The molecule has 0 aliphatic heterocycles. The molecule has 8 heteroatoms. The van der Waals surface area contributed by atoms with E-state index in [-0.39, 0.29) is 29.9 Å². The number of amides is 2. The molecular weight excluding hydrogens is 376 g/mol. The van der Waals surface area contributed by atoms with Gasteiger partial charge in [-0.05, 0) is 44.2 Å². The molecule has 2 aromatic heterocycles. The van der Waals surface area contributed by atoms with Crippen molar-refractivity contribution in [3.05, 3.63) is 46.7 Å². The van der Waals surface area contributed by atoms with Gasteiger partial charge in [0.1, 0.15) is 5.69 Å². The summed E-state index contributed by atoms with van der Waals surface area (Å²) in [6.07, 6.45) is 5.45. The molecule has 1 aliphatic rings. The highest BCUT2D eigenvalue weighted by Gasteiger charge is 2.35. The zero-order valence-electron chi connectivity index (χ0n) is 16.0. The molecule has 1 fully saturated rings. The fraction of sp³-hybridized carbons (Fsp3) is 0.500. The summed E-state index contributed by atoms with van der Waals surface area (Å²) < 4.78 is 5.53. The van der Waals surface area contributed by atoms with Crippen molar-refractivity contribution in [1.82, 2.24) is 20.6 Å². The van der Waals surface area contributed by atoms with Crippen molar-refractivity contribution in [3.63, 3.8) is 0 Å². The lowest BCUT2D eigenvalue weighted by Crippen LogP contribution is -2.50. The molecular formula is C20H26N4O3S. The number of thiazole rings is 1. The molecule has 2 N–H and O–H groups in total. The first-order valence-corrected chi connectivity index (χ1v) is 10.5. The molecule has 150 valence electrons. The molecule has 0 spiro atoms. The third-order valence-electron chi connectivity index (χ3n) is 5.08. The largest absolute Gasteiger partial charge is 0.379 e. The lowest BCUT2D eigenvalue weighted by atomic mass is 9.83. The van der Waals surface area contributed by atoms with Crippen LogP contribution < -0.4 is 10.6 Å². The SMILES string of the molecule is CO[C@@H]1CC[C@H](C(=O)NCCCc2ccccn2)C[C@H]1NC(=O)c1cscn1. The lowest BCUT2D eigenvalue weighted by Gasteiger charge is -2.35. The van der Waals surface area contributed by atoms with Crippen LogP contribution in [-0.4, -0.2) is 47.6 Å². The normalized spacial score (nSPS) is 21.8. The quantitative estimate of drug-likeness (QED) is 0.661. The predicted octanol–water partition coefficient (Wildman–Crippen LogP) is 2.20. The van der Waals surface area contributed by atoms with Crippen LogP contribution in [0.5, 0.6) is 0 Å². The van der Waals surface area contributed by atoms with E-state index < -0.39 is 0 Å². The third-order valence-corrected chi connectivity index (χ3v) is 5.66. The molecule has 0 unspecified atom stereocenters. The van der Waals surface area contributed by atoms with E-state index in [9.17, 15) is 9.59 Å². The van der Waals surface area contributed by atoms with Crippen molar-refractivity contribution in [2.45, 2.75) is 44.2 Å². The maximum Gasteiger partial charge on any atom is 0.271 e. The first-order chi connectivity index (χ1) is 13.7. The summed E-state index contributed by atoms with van der Waals surface area (Å²) in [4.78, 5) is 33.2. The maximum absolute atomic E-state index is 12.6. The van der Waals surface area contributed by atoms with Gasteiger partial charge in [-0.2, -0.15) is 0 Å². The highest BCUT2D eigenvalue weighted by atomic mass is 32.1. The van der Waals surface area contributed by atoms with Gasteiger partial charge in [0, 0.05) is 36.8 Å². The van der Waals surface area contributed by atoms with Crippen molar-refractivity contribution in [3.8, 4) is 0 Å². The Morgan fingerprint density at radius 2 is 2.18 bits per heavy atom. The van der Waals surface area contributed by atoms with E-state index in [1.807, 2.05) is 18.2 Å². The van der Waals surface area contributed by atoms with Gasteiger partial charge in [-0.1, -0.05) is 6.07 Å². The minimum atomic E-state index is -0.218. The Labute approximate surface area is 168 Å². The van der Waals surface area contributed by atoms with Crippen LogP contribution in [0.25, 0.3) is 0 Å². The average molecular weight is 403 g/mol. The molecule has 28 heavy (non-hydrogen) atoms. The fourth-order valence-electron chi connectivity index (χ4n) is 3.55. The minimum Gasteiger partial charge on any atom is -0.379 e. The minimum absolute atomic E-state index is 0.0449. The Balaban J connectivity index is 1.46. The van der Waals surface area contributed by atoms with E-state index in [0.717, 1.165) is 31.4 Å². The second-order valence-corrected chi connectivity index (χ2v) is 7.67. The summed E-state index contributed by atoms with van der Waals surface area (Å²) in [7, 11) is 1.64. The highest BCUT2D eigenvalue weighted by Crippen LogP contribution is 2.27. The van der Waals surface area contributed by atoms with Gasteiger partial charge in [0.2, 0.25) is 5.91 Å². The topological polar surface area (TPSA) is 93.2 Å². The van der Waals surface area contributed by atoms with Gasteiger partial charge < -0.3 is 15.4 Å². The van der Waals surface area contributed by atoms with Gasteiger partial charge in [-0.15, -0.1) is 11.3 Å². The Kier molecular flexibility index (Phi) is 7.50. The van der Waals surface area contributed by atoms with Gasteiger partial charge in [0.15, 0.2) is 0 Å². The number of rotatable bonds is 8. The molecule has 3 atom stereocenters. The molecule has 1 aliphatic carbocycles. The molecule has 3 rings (SSSR count). The first kappa shape index (κ1) is 20.4. The Morgan fingerprint density at radius 1 is 1.29 bits per heavy atom. The molecule has 7 nitrogen and oxygen atoms in total. The van der Waals surface area contributed by atoms with E-state index in [4.69, 9.17) is 4.74 Å². The number of aryl methyl sites for hydroxylation is 1. The van der Waals surface area contributed by atoms with E-state index in [0.29, 0.717) is 18.7 Å². The molecule has 2 aromatic rings. The Morgan fingerprint density at radius 3 is 2.89 bits per heavy atom. The summed E-state index contributed by atoms with van der Waals surface area (Å²) in [6, 6.07) is 5.65. The Hall–Kier alpha value is -2.32. The number of nitrogens with one attached hydrogen (secondary N) is 2. The van der Waals surface area contributed by atoms with Crippen LogP contribution in [0.3, 0.4) is 0 Å². The number of pyridine rings is 1. The average Bonchev–Trinajstić information content (AvgIpc) is 3.27. The standard InChI is InChI=1S/C20H26N4O3S/c1-27-18-8-7-14(11-16(18)24-20(26)17-12-28-13-23-17)19(25)22-10-4-6-15-5-2-3-9-21-15/h2-3,5,9,12-14,16,18H,4,6-8,10-11H2,1H3,(H,22,25)(H,24,26)/t14-,16+,18+/m0/s1. The van der Waals surface area contributed by atoms with Crippen molar-refractivity contribution in [2.24, 2.45) is 5.92 Å². The lowest BCUT2D eigenvalue weighted by molar-refractivity contribution is -0.127. The number of carbonyl (C=O) groups excluding carboxylic acids is 2. The van der Waals surface area contributed by atoms with Gasteiger partial charge in [0.25, 0.3) is 5.91 Å². The maximum atomic E-state index is 12.6. The smallest absolute Gasteiger partial charge is 0.271 e. The van der Waals surface area contributed by atoms with Crippen LogP contribution in [0.1, 0.15) is 41.9 Å². The number of ether oxygens (including phenoxy) is 1. The van der Waals surface area contributed by atoms with Crippen LogP contribution in [0.15, 0.2) is 35.3 Å². The third kappa shape index (κ3) is 5.59. The highest BCUT2D eigenvalue weighted by molar-refractivity contribution is 7.07. The van der Waals surface area contributed by atoms with E-state index in [2.05, 4.69) is 20.6 Å². The molecule has 2 amide bonds. The first-order valence-electron chi connectivity index (χ1n) is 9.57. The molecule has 0 radical (unpaired) electrons. The molecule has 0 saturated heterocycles. The molecule has 2 heterocycles. The van der Waals surface area contributed by atoms with Crippen LogP contribution in [0.2, 0.25) is 0 Å². The number of carbonyl (C=O) groups is 2. The second-order valence-electron chi connectivity index (χ2n) is 6.95.